The molecule has 0 saturated carbocycles. The van der Waals surface area contributed by atoms with E-state index in [0.717, 1.165) is 42.4 Å². The molecule has 0 aromatic heterocycles. The summed E-state index contributed by atoms with van der Waals surface area (Å²) in [4.78, 5) is 10.6. The standard InChI is InChI=1S/C30H41FO5/c1-7-14-22(3)18-27(31)24(5)36-26(15-8-2)20-25-21-28(34-6)29(19-23(25)4)35-17-13-11-9-10-12-16-30(32)33/h7-8,14-15,18-19,21H,2,9-13,16-17,20H2,1,3-6H3,(H,32,33)/b14-7-,22-18-,26-15+,27-24-. The predicted octanol–water partition coefficient (Wildman–Crippen LogP) is 8.16. The van der Waals surface area contributed by atoms with E-state index in [2.05, 4.69) is 6.58 Å². The summed E-state index contributed by atoms with van der Waals surface area (Å²) in [5.41, 5.74) is 2.77. The summed E-state index contributed by atoms with van der Waals surface area (Å²) in [6.07, 6.45) is 13.6. The molecule has 0 fully saturated rings. The summed E-state index contributed by atoms with van der Waals surface area (Å²) >= 11 is 0. The van der Waals surface area contributed by atoms with E-state index in [1.54, 1.807) is 26.2 Å². The Morgan fingerprint density at radius 3 is 2.44 bits per heavy atom. The maximum Gasteiger partial charge on any atom is 0.303 e. The molecule has 0 aliphatic rings. The monoisotopic (exact) mass is 500 g/mol. The first-order valence-electron chi connectivity index (χ1n) is 12.4. The van der Waals surface area contributed by atoms with Gasteiger partial charge in [0.1, 0.15) is 11.5 Å². The minimum absolute atomic E-state index is 0.180. The topological polar surface area (TPSA) is 65.0 Å². The summed E-state index contributed by atoms with van der Waals surface area (Å²) in [6, 6.07) is 3.86. The number of unbranched alkanes of at least 4 members (excludes halogenated alkanes) is 4. The number of ether oxygens (including phenoxy) is 3. The Kier molecular flexibility index (Phi) is 14.7. The number of carboxylic acid groups (broad SMARTS) is 1. The Morgan fingerprint density at radius 1 is 1.11 bits per heavy atom. The number of hydrogen-bond acceptors (Lipinski definition) is 4. The van der Waals surface area contributed by atoms with Gasteiger partial charge in [0.15, 0.2) is 17.3 Å². The van der Waals surface area contributed by atoms with Crippen LogP contribution in [0.1, 0.15) is 70.4 Å². The van der Waals surface area contributed by atoms with Crippen molar-refractivity contribution in [1.82, 2.24) is 0 Å². The fraction of sp³-hybridized carbons (Fsp3) is 0.433. The number of aliphatic carboxylic acids is 1. The Labute approximate surface area is 215 Å². The molecule has 1 rings (SSSR count). The van der Waals surface area contributed by atoms with Gasteiger partial charge in [-0.1, -0.05) is 44.1 Å². The molecular weight excluding hydrogens is 459 g/mol. The molecule has 0 radical (unpaired) electrons. The van der Waals surface area contributed by atoms with Gasteiger partial charge in [0, 0.05) is 12.8 Å². The molecule has 0 aliphatic heterocycles. The zero-order valence-electron chi connectivity index (χ0n) is 22.4. The smallest absolute Gasteiger partial charge is 0.303 e. The van der Waals surface area contributed by atoms with E-state index in [0.29, 0.717) is 36.7 Å². The summed E-state index contributed by atoms with van der Waals surface area (Å²) in [7, 11) is 1.60. The van der Waals surface area contributed by atoms with Gasteiger partial charge in [-0.25, -0.2) is 4.39 Å². The zero-order chi connectivity index (χ0) is 26.9. The van der Waals surface area contributed by atoms with Crippen LogP contribution in [0.4, 0.5) is 4.39 Å². The van der Waals surface area contributed by atoms with E-state index in [-0.39, 0.29) is 12.2 Å². The van der Waals surface area contributed by atoms with E-state index in [9.17, 15) is 9.18 Å². The highest BCUT2D eigenvalue weighted by Crippen LogP contribution is 2.32. The van der Waals surface area contributed by atoms with E-state index < -0.39 is 11.8 Å². The first-order chi connectivity index (χ1) is 17.2. The summed E-state index contributed by atoms with van der Waals surface area (Å²) in [6.45, 7) is 11.6. The van der Waals surface area contributed by atoms with Crippen molar-refractivity contribution in [3.05, 3.63) is 83.1 Å². The van der Waals surface area contributed by atoms with Gasteiger partial charge in [-0.3, -0.25) is 4.79 Å². The van der Waals surface area contributed by atoms with Crippen molar-refractivity contribution in [2.75, 3.05) is 13.7 Å². The second-order valence-electron chi connectivity index (χ2n) is 8.63. The van der Waals surface area contributed by atoms with Crippen LogP contribution in [-0.4, -0.2) is 24.8 Å². The molecule has 0 heterocycles. The van der Waals surface area contributed by atoms with Crippen molar-refractivity contribution < 1.29 is 28.5 Å². The Balaban J connectivity index is 2.83. The molecule has 5 nitrogen and oxygen atoms in total. The lowest BCUT2D eigenvalue weighted by Gasteiger charge is -2.16. The van der Waals surface area contributed by atoms with Crippen LogP contribution in [0.2, 0.25) is 0 Å². The largest absolute Gasteiger partial charge is 0.493 e. The van der Waals surface area contributed by atoms with Crippen molar-refractivity contribution in [3.63, 3.8) is 0 Å². The van der Waals surface area contributed by atoms with Crippen LogP contribution in [-0.2, 0) is 16.0 Å². The van der Waals surface area contributed by atoms with Crippen molar-refractivity contribution in [1.29, 1.82) is 0 Å². The highest BCUT2D eigenvalue weighted by atomic mass is 19.1. The van der Waals surface area contributed by atoms with Crippen LogP contribution < -0.4 is 9.47 Å². The maximum absolute atomic E-state index is 14.6. The molecule has 1 aromatic rings. The Bertz CT molecular complexity index is 985. The van der Waals surface area contributed by atoms with Crippen LogP contribution in [0.15, 0.2) is 72.0 Å². The van der Waals surface area contributed by atoms with E-state index in [1.807, 2.05) is 45.1 Å². The third-order valence-electron chi connectivity index (χ3n) is 5.49. The average molecular weight is 501 g/mol. The lowest BCUT2D eigenvalue weighted by molar-refractivity contribution is -0.137. The molecule has 1 aromatic carbocycles. The highest BCUT2D eigenvalue weighted by Gasteiger charge is 2.13. The zero-order valence-corrected chi connectivity index (χ0v) is 22.4. The minimum Gasteiger partial charge on any atom is -0.493 e. The van der Waals surface area contributed by atoms with Crippen molar-refractivity contribution in [2.45, 2.75) is 72.6 Å². The number of aryl methyl sites for hydroxylation is 1. The summed E-state index contributed by atoms with van der Waals surface area (Å²) in [5.74, 6) is 0.871. The van der Waals surface area contributed by atoms with Gasteiger partial charge in [-0.15, -0.1) is 0 Å². The van der Waals surface area contributed by atoms with Crippen LogP contribution in [0, 0.1) is 6.92 Å². The quantitative estimate of drug-likeness (QED) is 0.133. The lowest BCUT2D eigenvalue weighted by atomic mass is 10.0. The van der Waals surface area contributed by atoms with Crippen LogP contribution in [0.25, 0.3) is 0 Å². The lowest BCUT2D eigenvalue weighted by Crippen LogP contribution is -2.03. The van der Waals surface area contributed by atoms with Crippen LogP contribution in [0.5, 0.6) is 11.5 Å². The third-order valence-corrected chi connectivity index (χ3v) is 5.49. The van der Waals surface area contributed by atoms with Gasteiger partial charge in [-0.05, 0) is 81.5 Å². The molecule has 0 aliphatic carbocycles. The van der Waals surface area contributed by atoms with Crippen LogP contribution >= 0.6 is 0 Å². The second-order valence-corrected chi connectivity index (χ2v) is 8.63. The van der Waals surface area contributed by atoms with Gasteiger partial charge in [0.2, 0.25) is 0 Å². The third kappa shape index (κ3) is 11.9. The fourth-order valence-corrected chi connectivity index (χ4v) is 3.56. The van der Waals surface area contributed by atoms with E-state index >= 15 is 0 Å². The number of allylic oxidation sites excluding steroid dienone is 9. The van der Waals surface area contributed by atoms with Gasteiger partial charge in [0.05, 0.1) is 13.7 Å². The first-order valence-corrected chi connectivity index (χ1v) is 12.4. The molecule has 0 unspecified atom stereocenters. The minimum atomic E-state index is -0.742. The van der Waals surface area contributed by atoms with E-state index in [4.69, 9.17) is 19.3 Å². The number of halogens is 1. The molecular formula is C30H41FO5. The SMILES string of the molecule is C=C/C=C(\Cc1cc(OC)c(OCCCCCCCC(=O)O)cc1C)O/C(C)=C(F)/C=C(C)\C=C/C. The highest BCUT2D eigenvalue weighted by molar-refractivity contribution is 5.66. The molecule has 0 amide bonds. The summed E-state index contributed by atoms with van der Waals surface area (Å²) < 4.78 is 31.9. The molecule has 1 N–H and O–H groups in total. The maximum atomic E-state index is 14.6. The van der Waals surface area contributed by atoms with Crippen LogP contribution in [0.3, 0.4) is 0 Å². The predicted molar refractivity (Wildman–Crippen MR) is 144 cm³/mol. The number of benzene rings is 1. The van der Waals surface area contributed by atoms with Gasteiger partial charge < -0.3 is 19.3 Å². The number of rotatable bonds is 17. The van der Waals surface area contributed by atoms with Crippen molar-refractivity contribution >= 4 is 5.97 Å². The number of carboxylic acids is 1. The van der Waals surface area contributed by atoms with E-state index in [1.165, 1.54) is 6.08 Å². The second kappa shape index (κ2) is 17.2. The first kappa shape index (κ1) is 30.8. The Morgan fingerprint density at radius 2 is 1.81 bits per heavy atom. The fourth-order valence-electron chi connectivity index (χ4n) is 3.56. The van der Waals surface area contributed by atoms with Gasteiger partial charge >= 0.3 is 5.97 Å². The molecule has 0 spiro atoms. The summed E-state index contributed by atoms with van der Waals surface area (Å²) in [5, 5.41) is 8.68. The average Bonchev–Trinajstić information content (AvgIpc) is 2.82. The number of methoxy groups -OCH3 is 1. The molecule has 0 atom stereocenters. The molecule has 0 saturated heterocycles. The number of carbonyl (C=O) groups is 1. The van der Waals surface area contributed by atoms with Gasteiger partial charge in [0.25, 0.3) is 0 Å². The van der Waals surface area contributed by atoms with Crippen molar-refractivity contribution in [3.8, 4) is 11.5 Å². The van der Waals surface area contributed by atoms with Gasteiger partial charge in [-0.2, -0.15) is 0 Å². The number of hydrogen-bond donors (Lipinski definition) is 1. The Hall–Kier alpha value is -3.28. The molecule has 0 bridgehead atoms. The normalized spacial score (nSPS) is 12.9. The molecule has 6 heteroatoms. The molecule has 36 heavy (non-hydrogen) atoms. The van der Waals surface area contributed by atoms with Crippen molar-refractivity contribution in [2.24, 2.45) is 0 Å². The molecule has 198 valence electrons.